The molecule has 0 fully saturated rings. The first-order valence-electron chi connectivity index (χ1n) is 6.19. The summed E-state index contributed by atoms with van der Waals surface area (Å²) in [4.78, 5) is 10.4. The Kier molecular flexibility index (Phi) is 4.94. The summed E-state index contributed by atoms with van der Waals surface area (Å²) in [6, 6.07) is 10.5. The number of hydrogen-bond acceptors (Lipinski definition) is 5. The van der Waals surface area contributed by atoms with Gasteiger partial charge in [0.05, 0.1) is 22.0 Å². The summed E-state index contributed by atoms with van der Waals surface area (Å²) < 4.78 is 29.6. The van der Waals surface area contributed by atoms with Crippen LogP contribution in [0.5, 0.6) is 0 Å². The van der Waals surface area contributed by atoms with Crippen LogP contribution in [-0.4, -0.2) is 13.3 Å². The van der Waals surface area contributed by atoms with Crippen LogP contribution < -0.4 is 0 Å². The highest BCUT2D eigenvalue weighted by Gasteiger charge is 2.21. The third kappa shape index (κ3) is 3.70. The van der Waals surface area contributed by atoms with Crippen LogP contribution in [0.1, 0.15) is 11.1 Å². The fraction of sp³-hybridized carbons (Fsp3) is 0.143. The van der Waals surface area contributed by atoms with Gasteiger partial charge in [-0.15, -0.1) is 0 Å². The third-order valence-electron chi connectivity index (χ3n) is 2.96. The minimum atomic E-state index is -3.98. The van der Waals surface area contributed by atoms with E-state index in [1.54, 1.807) is 18.2 Å². The molecule has 22 heavy (non-hydrogen) atoms. The number of nitro benzene ring substituents is 1. The molecule has 8 heteroatoms. The average molecular weight is 386 g/mol. The summed E-state index contributed by atoms with van der Waals surface area (Å²) >= 11 is 3.17. The highest BCUT2D eigenvalue weighted by molar-refractivity contribution is 9.10. The Bertz CT molecular complexity index is 802. The van der Waals surface area contributed by atoms with Gasteiger partial charge in [-0.3, -0.25) is 14.3 Å². The van der Waals surface area contributed by atoms with Crippen LogP contribution in [0.15, 0.2) is 51.8 Å². The summed E-state index contributed by atoms with van der Waals surface area (Å²) in [7, 11) is -3.98. The van der Waals surface area contributed by atoms with Crippen LogP contribution in [-0.2, 0) is 20.9 Å². The van der Waals surface area contributed by atoms with E-state index in [0.717, 1.165) is 5.56 Å². The van der Waals surface area contributed by atoms with E-state index in [2.05, 4.69) is 15.9 Å². The summed E-state index contributed by atoms with van der Waals surface area (Å²) in [6.45, 7) is 1.41. The maximum absolute atomic E-state index is 12.1. The molecule has 0 amide bonds. The summed E-state index contributed by atoms with van der Waals surface area (Å²) in [5.74, 6) is 0. The Morgan fingerprint density at radius 1 is 1.18 bits per heavy atom. The molecular formula is C14H12BrNO5S. The van der Waals surface area contributed by atoms with Crippen LogP contribution in [0.4, 0.5) is 5.69 Å². The third-order valence-corrected chi connectivity index (χ3v) is 4.98. The Hall–Kier alpha value is -1.77. The Morgan fingerprint density at radius 3 is 2.41 bits per heavy atom. The Morgan fingerprint density at radius 2 is 1.82 bits per heavy atom. The fourth-order valence-electron chi connectivity index (χ4n) is 1.77. The van der Waals surface area contributed by atoms with Gasteiger partial charge in [0.15, 0.2) is 0 Å². The number of aryl methyl sites for hydroxylation is 1. The van der Waals surface area contributed by atoms with Crippen LogP contribution >= 0.6 is 15.9 Å². The van der Waals surface area contributed by atoms with E-state index in [1.165, 1.54) is 24.3 Å². The number of benzene rings is 2. The molecule has 0 N–H and O–H groups in total. The van der Waals surface area contributed by atoms with Gasteiger partial charge in [-0.05, 0) is 25.1 Å². The molecule has 0 unspecified atom stereocenters. The molecule has 0 bridgehead atoms. The van der Waals surface area contributed by atoms with Crippen molar-refractivity contribution in [2.45, 2.75) is 18.4 Å². The second-order valence-electron chi connectivity index (χ2n) is 4.52. The second-order valence-corrected chi connectivity index (χ2v) is 6.99. The van der Waals surface area contributed by atoms with Crippen molar-refractivity contribution in [2.24, 2.45) is 0 Å². The summed E-state index contributed by atoms with van der Waals surface area (Å²) in [5, 5.41) is 11.0. The van der Waals surface area contributed by atoms with E-state index >= 15 is 0 Å². The molecule has 0 spiro atoms. The Labute approximate surface area is 136 Å². The van der Waals surface area contributed by atoms with E-state index in [1.807, 2.05) is 6.92 Å². The van der Waals surface area contributed by atoms with Gasteiger partial charge in [-0.2, -0.15) is 8.42 Å². The maximum Gasteiger partial charge on any atom is 0.297 e. The summed E-state index contributed by atoms with van der Waals surface area (Å²) in [5.41, 5.74) is 0.886. The van der Waals surface area contributed by atoms with Gasteiger partial charge in [-0.25, -0.2) is 0 Å². The minimum absolute atomic E-state index is 0.00723. The smallest absolute Gasteiger partial charge is 0.261 e. The van der Waals surface area contributed by atoms with Gasteiger partial charge in [-0.1, -0.05) is 39.7 Å². The molecule has 0 atom stereocenters. The Balaban J connectivity index is 2.26. The van der Waals surface area contributed by atoms with Crippen molar-refractivity contribution in [3.63, 3.8) is 0 Å². The SMILES string of the molecule is Cc1ccc(S(=O)(=O)OCc2c(Br)cccc2[N+](=O)[O-])cc1. The molecule has 116 valence electrons. The van der Waals surface area contributed by atoms with Gasteiger partial charge >= 0.3 is 0 Å². The molecule has 2 aromatic rings. The number of rotatable bonds is 5. The molecule has 0 aliphatic carbocycles. The number of halogens is 1. The number of hydrogen-bond donors (Lipinski definition) is 0. The molecule has 0 aromatic heterocycles. The van der Waals surface area contributed by atoms with Crippen LogP contribution in [0.2, 0.25) is 0 Å². The molecule has 0 heterocycles. The van der Waals surface area contributed by atoms with Gasteiger partial charge in [0, 0.05) is 10.5 Å². The number of nitrogens with zero attached hydrogens (tertiary/aromatic N) is 1. The normalized spacial score (nSPS) is 11.4. The van der Waals surface area contributed by atoms with Gasteiger partial charge < -0.3 is 0 Å². The van der Waals surface area contributed by atoms with Crippen molar-refractivity contribution < 1.29 is 17.5 Å². The van der Waals surface area contributed by atoms with Crippen molar-refractivity contribution in [2.75, 3.05) is 0 Å². The van der Waals surface area contributed by atoms with Gasteiger partial charge in [0.25, 0.3) is 15.8 Å². The van der Waals surface area contributed by atoms with Gasteiger partial charge in [0.2, 0.25) is 0 Å². The first-order chi connectivity index (χ1) is 10.3. The molecule has 2 rings (SSSR count). The lowest BCUT2D eigenvalue weighted by molar-refractivity contribution is -0.385. The molecule has 0 saturated carbocycles. The molecule has 0 aliphatic heterocycles. The topological polar surface area (TPSA) is 86.5 Å². The average Bonchev–Trinajstić information content (AvgIpc) is 2.46. The molecule has 2 aromatic carbocycles. The van der Waals surface area contributed by atoms with Crippen molar-refractivity contribution in [3.05, 3.63) is 68.2 Å². The molecule has 0 radical (unpaired) electrons. The van der Waals surface area contributed by atoms with Crippen LogP contribution in [0, 0.1) is 17.0 Å². The number of nitro groups is 1. The first kappa shape index (κ1) is 16.6. The summed E-state index contributed by atoms with van der Waals surface area (Å²) in [6.07, 6.45) is 0. The second kappa shape index (κ2) is 6.55. The molecule has 6 nitrogen and oxygen atoms in total. The minimum Gasteiger partial charge on any atom is -0.261 e. The molecule has 0 saturated heterocycles. The predicted molar refractivity (Wildman–Crippen MR) is 84.0 cm³/mol. The van der Waals surface area contributed by atoms with Crippen molar-refractivity contribution in [1.82, 2.24) is 0 Å². The van der Waals surface area contributed by atoms with Gasteiger partial charge in [0.1, 0.15) is 0 Å². The standard InChI is InChI=1S/C14H12BrNO5S/c1-10-5-7-11(8-6-10)22(19,20)21-9-12-13(15)3-2-4-14(12)16(17)18/h2-8H,9H2,1H3. The zero-order valence-corrected chi connectivity index (χ0v) is 13.9. The van der Waals surface area contributed by atoms with E-state index in [-0.39, 0.29) is 16.1 Å². The van der Waals surface area contributed by atoms with Crippen molar-refractivity contribution in [1.29, 1.82) is 0 Å². The zero-order valence-electron chi connectivity index (χ0n) is 11.5. The van der Waals surface area contributed by atoms with Crippen LogP contribution in [0.3, 0.4) is 0 Å². The highest BCUT2D eigenvalue weighted by Crippen LogP contribution is 2.28. The van der Waals surface area contributed by atoms with Crippen molar-refractivity contribution in [3.8, 4) is 0 Å². The lowest BCUT2D eigenvalue weighted by atomic mass is 10.2. The van der Waals surface area contributed by atoms with E-state index in [4.69, 9.17) is 4.18 Å². The maximum atomic E-state index is 12.1. The monoisotopic (exact) mass is 385 g/mol. The highest BCUT2D eigenvalue weighted by atomic mass is 79.9. The van der Waals surface area contributed by atoms with E-state index in [0.29, 0.717) is 4.47 Å². The first-order valence-corrected chi connectivity index (χ1v) is 8.39. The zero-order chi connectivity index (χ0) is 16.3. The largest absolute Gasteiger partial charge is 0.297 e. The lowest BCUT2D eigenvalue weighted by Crippen LogP contribution is -2.08. The van der Waals surface area contributed by atoms with E-state index < -0.39 is 21.6 Å². The van der Waals surface area contributed by atoms with Crippen molar-refractivity contribution >= 4 is 31.7 Å². The fourth-order valence-corrected chi connectivity index (χ4v) is 3.12. The molecular weight excluding hydrogens is 374 g/mol. The lowest BCUT2D eigenvalue weighted by Gasteiger charge is -2.08. The van der Waals surface area contributed by atoms with Crippen LogP contribution in [0.25, 0.3) is 0 Å². The predicted octanol–water partition coefficient (Wildman–Crippen LogP) is 3.57. The molecule has 0 aliphatic rings. The van der Waals surface area contributed by atoms with E-state index in [9.17, 15) is 18.5 Å². The quantitative estimate of drug-likeness (QED) is 0.446.